The van der Waals surface area contributed by atoms with Crippen molar-refractivity contribution in [1.29, 1.82) is 0 Å². The second kappa shape index (κ2) is 6.93. The van der Waals surface area contributed by atoms with Crippen LogP contribution in [-0.4, -0.2) is 24.5 Å². The minimum atomic E-state index is -1.29. The van der Waals surface area contributed by atoms with E-state index in [0.29, 0.717) is 5.75 Å². The summed E-state index contributed by atoms with van der Waals surface area (Å²) in [6.07, 6.45) is 0. The van der Waals surface area contributed by atoms with Crippen LogP contribution in [0.2, 0.25) is 0 Å². The highest BCUT2D eigenvalue weighted by molar-refractivity contribution is 5.83. The van der Waals surface area contributed by atoms with Crippen LogP contribution in [0.3, 0.4) is 0 Å². The predicted octanol–water partition coefficient (Wildman–Crippen LogP) is 0.573. The highest BCUT2D eigenvalue weighted by Gasteiger charge is 2.17. The number of hydrogen-bond donors (Lipinski definition) is 1. The van der Waals surface area contributed by atoms with Gasteiger partial charge < -0.3 is 20.0 Å². The van der Waals surface area contributed by atoms with E-state index in [1.54, 1.807) is 19.9 Å². The van der Waals surface area contributed by atoms with Crippen molar-refractivity contribution in [2.75, 3.05) is 6.61 Å². The lowest BCUT2D eigenvalue weighted by molar-refractivity contribution is -0.309. The van der Waals surface area contributed by atoms with E-state index < -0.39 is 17.9 Å². The maximum atomic E-state index is 11.7. The summed E-state index contributed by atoms with van der Waals surface area (Å²) in [6, 6.07) is 4.50. The highest BCUT2D eigenvalue weighted by Crippen LogP contribution is 2.16. The zero-order valence-electron chi connectivity index (χ0n) is 12.2. The van der Waals surface area contributed by atoms with E-state index in [0.717, 1.165) is 11.1 Å². The molecule has 1 atom stereocenters. The van der Waals surface area contributed by atoms with Crippen LogP contribution in [0.25, 0.3) is 0 Å². The van der Waals surface area contributed by atoms with Crippen LogP contribution in [0.1, 0.15) is 25.0 Å². The minimum Gasteiger partial charge on any atom is -0.548 e. The summed E-state index contributed by atoms with van der Waals surface area (Å²) in [7, 11) is 0. The van der Waals surface area contributed by atoms with Crippen molar-refractivity contribution in [3.63, 3.8) is 0 Å². The van der Waals surface area contributed by atoms with E-state index in [2.05, 4.69) is 5.32 Å². The molecule has 1 aromatic carbocycles. The van der Waals surface area contributed by atoms with Crippen molar-refractivity contribution >= 4 is 11.9 Å². The highest BCUT2D eigenvalue weighted by atomic mass is 16.5. The van der Waals surface area contributed by atoms with Crippen LogP contribution in [0, 0.1) is 19.8 Å². The number of carboxylic acid groups (broad SMARTS) is 1. The van der Waals surface area contributed by atoms with Gasteiger partial charge in [0.2, 0.25) is 0 Å². The van der Waals surface area contributed by atoms with Crippen LogP contribution in [-0.2, 0) is 9.59 Å². The molecule has 0 bridgehead atoms. The van der Waals surface area contributed by atoms with E-state index in [1.807, 2.05) is 26.0 Å². The molecule has 110 valence electrons. The second-order valence-corrected chi connectivity index (χ2v) is 5.14. The molecule has 0 heterocycles. The number of carbonyl (C=O) groups is 2. The summed E-state index contributed by atoms with van der Waals surface area (Å²) in [5, 5.41) is 13.3. The van der Waals surface area contributed by atoms with Gasteiger partial charge in [-0.15, -0.1) is 0 Å². The lowest BCUT2D eigenvalue weighted by Crippen LogP contribution is -2.51. The van der Waals surface area contributed by atoms with Crippen molar-refractivity contribution in [1.82, 2.24) is 5.32 Å². The largest absolute Gasteiger partial charge is 0.548 e. The van der Waals surface area contributed by atoms with Gasteiger partial charge in [0.05, 0.1) is 12.0 Å². The Balaban J connectivity index is 2.54. The molecular weight excluding hydrogens is 258 g/mol. The Bertz CT molecular complexity index is 497. The number of rotatable bonds is 6. The molecule has 0 aromatic heterocycles. The molecule has 0 radical (unpaired) electrons. The number of ether oxygens (including phenoxy) is 1. The molecule has 5 nitrogen and oxygen atoms in total. The third kappa shape index (κ3) is 4.57. The lowest BCUT2D eigenvalue weighted by Gasteiger charge is -2.23. The van der Waals surface area contributed by atoms with Crippen LogP contribution in [0.15, 0.2) is 18.2 Å². The number of hydrogen-bond acceptors (Lipinski definition) is 4. The summed E-state index contributed by atoms with van der Waals surface area (Å²) >= 11 is 0. The average molecular weight is 278 g/mol. The Morgan fingerprint density at radius 1 is 1.25 bits per heavy atom. The van der Waals surface area contributed by atoms with Crippen LogP contribution < -0.4 is 15.2 Å². The van der Waals surface area contributed by atoms with Gasteiger partial charge >= 0.3 is 0 Å². The number of carboxylic acids is 1. The number of aryl methyl sites for hydroxylation is 2. The fourth-order valence-corrected chi connectivity index (χ4v) is 1.67. The molecule has 0 aliphatic heterocycles. The summed E-state index contributed by atoms with van der Waals surface area (Å²) in [4.78, 5) is 22.5. The fraction of sp³-hybridized carbons (Fsp3) is 0.467. The maximum Gasteiger partial charge on any atom is 0.258 e. The lowest BCUT2D eigenvalue weighted by atomic mass is 10.1. The molecule has 1 rings (SSSR count). The SMILES string of the molecule is Cc1ccc(OCC(=O)N[C@@H](C(=O)[O-])C(C)C)cc1C. The Morgan fingerprint density at radius 2 is 1.90 bits per heavy atom. The normalized spacial score (nSPS) is 12.1. The molecule has 0 aliphatic rings. The van der Waals surface area contributed by atoms with Crippen molar-refractivity contribution in [3.8, 4) is 5.75 Å². The van der Waals surface area contributed by atoms with Crippen molar-refractivity contribution in [2.45, 2.75) is 33.7 Å². The Hall–Kier alpha value is -2.04. The van der Waals surface area contributed by atoms with E-state index >= 15 is 0 Å². The molecule has 1 aromatic rings. The third-order valence-corrected chi connectivity index (χ3v) is 3.09. The van der Waals surface area contributed by atoms with Crippen molar-refractivity contribution < 1.29 is 19.4 Å². The number of aliphatic carboxylic acids is 1. The number of benzene rings is 1. The first-order valence-electron chi connectivity index (χ1n) is 6.51. The molecule has 0 spiro atoms. The molecule has 0 aliphatic carbocycles. The van der Waals surface area contributed by atoms with Crippen molar-refractivity contribution in [2.24, 2.45) is 5.92 Å². The van der Waals surface area contributed by atoms with E-state index in [1.165, 1.54) is 0 Å². The van der Waals surface area contributed by atoms with E-state index in [-0.39, 0.29) is 12.5 Å². The quantitative estimate of drug-likeness (QED) is 0.825. The van der Waals surface area contributed by atoms with E-state index in [9.17, 15) is 14.7 Å². The van der Waals surface area contributed by atoms with Crippen LogP contribution in [0.4, 0.5) is 0 Å². The summed E-state index contributed by atoms with van der Waals surface area (Å²) in [6.45, 7) is 7.11. The molecule has 20 heavy (non-hydrogen) atoms. The molecule has 1 amide bonds. The summed E-state index contributed by atoms with van der Waals surface area (Å²) < 4.78 is 5.34. The summed E-state index contributed by atoms with van der Waals surface area (Å²) in [5.74, 6) is -1.44. The molecule has 5 heteroatoms. The first-order valence-corrected chi connectivity index (χ1v) is 6.51. The molecular formula is C15H20NO4-. The Morgan fingerprint density at radius 3 is 2.40 bits per heavy atom. The van der Waals surface area contributed by atoms with Crippen molar-refractivity contribution in [3.05, 3.63) is 29.3 Å². The minimum absolute atomic E-state index is 0.223. The first-order chi connectivity index (χ1) is 9.31. The first kappa shape index (κ1) is 16.0. The Labute approximate surface area is 118 Å². The number of carbonyl (C=O) groups excluding carboxylic acids is 2. The molecule has 1 N–H and O–H groups in total. The van der Waals surface area contributed by atoms with Crippen LogP contribution >= 0.6 is 0 Å². The fourth-order valence-electron chi connectivity index (χ4n) is 1.67. The zero-order valence-corrected chi connectivity index (χ0v) is 12.2. The van der Waals surface area contributed by atoms with Gasteiger partial charge in [-0.25, -0.2) is 0 Å². The monoisotopic (exact) mass is 278 g/mol. The molecule has 0 saturated heterocycles. The average Bonchev–Trinajstić information content (AvgIpc) is 2.36. The number of amides is 1. The predicted molar refractivity (Wildman–Crippen MR) is 73.2 cm³/mol. The van der Waals surface area contributed by atoms with E-state index in [4.69, 9.17) is 4.74 Å². The number of nitrogens with one attached hydrogen (secondary N) is 1. The maximum absolute atomic E-state index is 11.7. The van der Waals surface area contributed by atoms with Gasteiger partial charge in [-0.05, 0) is 43.0 Å². The topological polar surface area (TPSA) is 78.5 Å². The molecule has 0 fully saturated rings. The van der Waals surface area contributed by atoms with Gasteiger partial charge in [0, 0.05) is 0 Å². The van der Waals surface area contributed by atoms with Gasteiger partial charge in [-0.1, -0.05) is 19.9 Å². The van der Waals surface area contributed by atoms with Gasteiger partial charge in [0.15, 0.2) is 6.61 Å². The second-order valence-electron chi connectivity index (χ2n) is 5.14. The zero-order chi connectivity index (χ0) is 15.3. The molecule has 0 unspecified atom stereocenters. The van der Waals surface area contributed by atoms with Gasteiger partial charge in [-0.2, -0.15) is 0 Å². The van der Waals surface area contributed by atoms with Gasteiger partial charge in [-0.3, -0.25) is 4.79 Å². The third-order valence-electron chi connectivity index (χ3n) is 3.09. The smallest absolute Gasteiger partial charge is 0.258 e. The standard InChI is InChI=1S/C15H21NO4/c1-9(2)14(15(18)19)16-13(17)8-20-12-6-5-10(3)11(4)7-12/h5-7,9,14H,8H2,1-4H3,(H,16,17)(H,18,19)/p-1/t14-/m1/s1. The molecule has 0 saturated carbocycles. The van der Waals surface area contributed by atoms with Gasteiger partial charge in [0.25, 0.3) is 5.91 Å². The summed E-state index contributed by atoms with van der Waals surface area (Å²) in [5.41, 5.74) is 2.20. The Kier molecular flexibility index (Phi) is 5.55. The van der Waals surface area contributed by atoms with Crippen LogP contribution in [0.5, 0.6) is 5.75 Å². The van der Waals surface area contributed by atoms with Gasteiger partial charge in [0.1, 0.15) is 5.75 Å².